The molecular formula is C24H21N3O3. The molecule has 1 aliphatic rings. The van der Waals surface area contributed by atoms with E-state index in [1.165, 1.54) is 0 Å². The zero-order valence-corrected chi connectivity index (χ0v) is 16.6. The van der Waals surface area contributed by atoms with Gasteiger partial charge < -0.3 is 14.2 Å². The monoisotopic (exact) mass is 399 g/mol. The van der Waals surface area contributed by atoms with Crippen LogP contribution in [-0.4, -0.2) is 34.6 Å². The predicted octanol–water partition coefficient (Wildman–Crippen LogP) is 4.88. The molecular weight excluding hydrogens is 378 g/mol. The van der Waals surface area contributed by atoms with Crippen molar-refractivity contribution >= 4 is 16.7 Å². The lowest BCUT2D eigenvalue weighted by Crippen LogP contribution is -2.30. The standard InChI is InChI=1S/C24H21N3O3/c1-29-20-9-4-8-18(15-20)22-25-23(30-26-22)21-10-5-13-27(21)24(28)19-12-11-16-6-2-3-7-17(16)14-19/h2-4,6-9,11-12,14-15,21H,5,10,13H2,1H3. The van der Waals surface area contributed by atoms with Crippen LogP contribution in [0, 0.1) is 0 Å². The van der Waals surface area contributed by atoms with Crippen molar-refractivity contribution in [1.82, 2.24) is 15.0 Å². The Labute approximate surface area is 174 Å². The number of hydrogen-bond donors (Lipinski definition) is 0. The first-order chi connectivity index (χ1) is 14.7. The van der Waals surface area contributed by atoms with Crippen LogP contribution in [0.1, 0.15) is 35.1 Å². The predicted molar refractivity (Wildman–Crippen MR) is 113 cm³/mol. The summed E-state index contributed by atoms with van der Waals surface area (Å²) in [5, 5.41) is 6.30. The van der Waals surface area contributed by atoms with Crippen LogP contribution in [0.25, 0.3) is 22.2 Å². The average molecular weight is 399 g/mol. The maximum atomic E-state index is 13.3. The van der Waals surface area contributed by atoms with Crippen LogP contribution >= 0.6 is 0 Å². The Morgan fingerprint density at radius 3 is 2.80 bits per heavy atom. The number of rotatable bonds is 4. The number of likely N-dealkylation sites (tertiary alicyclic amines) is 1. The van der Waals surface area contributed by atoms with Crippen LogP contribution in [-0.2, 0) is 0 Å². The summed E-state index contributed by atoms with van der Waals surface area (Å²) in [4.78, 5) is 19.7. The largest absolute Gasteiger partial charge is 0.497 e. The summed E-state index contributed by atoms with van der Waals surface area (Å²) < 4.78 is 10.8. The van der Waals surface area contributed by atoms with Gasteiger partial charge in [0, 0.05) is 17.7 Å². The van der Waals surface area contributed by atoms with Gasteiger partial charge in [-0.05, 0) is 47.9 Å². The number of hydrogen-bond acceptors (Lipinski definition) is 5. The number of benzene rings is 3. The molecule has 1 aromatic heterocycles. The highest BCUT2D eigenvalue weighted by Crippen LogP contribution is 2.34. The van der Waals surface area contributed by atoms with E-state index in [-0.39, 0.29) is 11.9 Å². The Kier molecular flexibility index (Phi) is 4.67. The third kappa shape index (κ3) is 3.30. The molecule has 6 nitrogen and oxygen atoms in total. The van der Waals surface area contributed by atoms with Gasteiger partial charge in [0.25, 0.3) is 5.91 Å². The van der Waals surface area contributed by atoms with Gasteiger partial charge in [-0.25, -0.2) is 0 Å². The molecule has 3 aromatic carbocycles. The topological polar surface area (TPSA) is 68.5 Å². The molecule has 1 atom stereocenters. The van der Waals surface area contributed by atoms with E-state index in [0.29, 0.717) is 23.8 Å². The maximum absolute atomic E-state index is 13.3. The maximum Gasteiger partial charge on any atom is 0.254 e. The summed E-state index contributed by atoms with van der Waals surface area (Å²) in [6, 6.07) is 21.2. The quantitative estimate of drug-likeness (QED) is 0.489. The van der Waals surface area contributed by atoms with Crippen molar-refractivity contribution in [3.8, 4) is 17.1 Å². The Hall–Kier alpha value is -3.67. The van der Waals surface area contributed by atoms with Crippen molar-refractivity contribution in [2.75, 3.05) is 13.7 Å². The van der Waals surface area contributed by atoms with Gasteiger partial charge in [0.1, 0.15) is 11.8 Å². The summed E-state index contributed by atoms with van der Waals surface area (Å²) in [5.41, 5.74) is 1.49. The molecule has 1 unspecified atom stereocenters. The van der Waals surface area contributed by atoms with Gasteiger partial charge in [0.05, 0.1) is 7.11 Å². The molecule has 1 amide bonds. The molecule has 6 heteroatoms. The first-order valence-electron chi connectivity index (χ1n) is 10.0. The lowest BCUT2D eigenvalue weighted by Gasteiger charge is -2.22. The zero-order chi connectivity index (χ0) is 20.5. The summed E-state index contributed by atoms with van der Waals surface area (Å²) in [6.45, 7) is 0.674. The van der Waals surface area contributed by atoms with E-state index in [1.807, 2.05) is 71.6 Å². The summed E-state index contributed by atoms with van der Waals surface area (Å²) in [6.07, 6.45) is 1.71. The van der Waals surface area contributed by atoms with E-state index in [1.54, 1.807) is 7.11 Å². The fourth-order valence-corrected chi connectivity index (χ4v) is 4.00. The third-order valence-electron chi connectivity index (χ3n) is 5.56. The van der Waals surface area contributed by atoms with Crippen LogP contribution < -0.4 is 4.74 Å². The van der Waals surface area contributed by atoms with Gasteiger partial charge in [-0.1, -0.05) is 47.6 Å². The number of carbonyl (C=O) groups is 1. The van der Waals surface area contributed by atoms with Gasteiger partial charge in [-0.2, -0.15) is 4.98 Å². The molecule has 5 rings (SSSR count). The molecule has 2 heterocycles. The molecule has 4 aromatic rings. The highest BCUT2D eigenvalue weighted by Gasteiger charge is 2.34. The van der Waals surface area contributed by atoms with Gasteiger partial charge in [0.2, 0.25) is 11.7 Å². The second-order valence-corrected chi connectivity index (χ2v) is 7.41. The van der Waals surface area contributed by atoms with Gasteiger partial charge in [-0.3, -0.25) is 4.79 Å². The Bertz CT molecular complexity index is 1220. The molecule has 0 bridgehead atoms. The van der Waals surface area contributed by atoms with E-state index < -0.39 is 0 Å². The minimum absolute atomic E-state index is 0.00983. The minimum Gasteiger partial charge on any atom is -0.497 e. The van der Waals surface area contributed by atoms with E-state index in [0.717, 1.165) is 34.9 Å². The van der Waals surface area contributed by atoms with Crippen LogP contribution in [0.5, 0.6) is 5.75 Å². The first-order valence-corrected chi connectivity index (χ1v) is 10.0. The SMILES string of the molecule is COc1cccc(-c2noc(C3CCCN3C(=O)c3ccc4ccccc4c3)n2)c1. The molecule has 1 saturated heterocycles. The number of amides is 1. The molecule has 0 aliphatic carbocycles. The van der Waals surface area contributed by atoms with Crippen molar-refractivity contribution in [2.24, 2.45) is 0 Å². The van der Waals surface area contributed by atoms with Crippen molar-refractivity contribution in [3.63, 3.8) is 0 Å². The highest BCUT2D eigenvalue weighted by molar-refractivity contribution is 5.98. The summed E-state index contributed by atoms with van der Waals surface area (Å²) in [5.74, 6) is 1.69. The number of methoxy groups -OCH3 is 1. The highest BCUT2D eigenvalue weighted by atomic mass is 16.5. The molecule has 0 N–H and O–H groups in total. The smallest absolute Gasteiger partial charge is 0.254 e. The van der Waals surface area contributed by atoms with Crippen LogP contribution in [0.15, 0.2) is 71.3 Å². The summed E-state index contributed by atoms with van der Waals surface area (Å²) >= 11 is 0. The van der Waals surface area contributed by atoms with E-state index in [9.17, 15) is 4.79 Å². The van der Waals surface area contributed by atoms with Gasteiger partial charge in [-0.15, -0.1) is 0 Å². The molecule has 1 fully saturated rings. The molecule has 0 spiro atoms. The van der Waals surface area contributed by atoms with E-state index in [4.69, 9.17) is 9.26 Å². The van der Waals surface area contributed by atoms with Crippen molar-refractivity contribution in [2.45, 2.75) is 18.9 Å². The van der Waals surface area contributed by atoms with Crippen LogP contribution in [0.4, 0.5) is 0 Å². The average Bonchev–Trinajstić information content (AvgIpc) is 3.48. The fraction of sp³-hybridized carbons (Fsp3) is 0.208. The van der Waals surface area contributed by atoms with Crippen molar-refractivity contribution in [1.29, 1.82) is 0 Å². The molecule has 150 valence electrons. The third-order valence-corrected chi connectivity index (χ3v) is 5.56. The van der Waals surface area contributed by atoms with Gasteiger partial charge >= 0.3 is 0 Å². The zero-order valence-electron chi connectivity index (χ0n) is 16.6. The number of nitrogens with zero attached hydrogens (tertiary/aromatic N) is 3. The lowest BCUT2D eigenvalue weighted by atomic mass is 10.1. The summed E-state index contributed by atoms with van der Waals surface area (Å²) in [7, 11) is 1.62. The Balaban J connectivity index is 1.42. The van der Waals surface area contributed by atoms with Crippen LogP contribution in [0.2, 0.25) is 0 Å². The van der Waals surface area contributed by atoms with E-state index >= 15 is 0 Å². The minimum atomic E-state index is -0.212. The number of aromatic nitrogens is 2. The lowest BCUT2D eigenvalue weighted by molar-refractivity contribution is 0.0710. The van der Waals surface area contributed by atoms with Crippen molar-refractivity contribution in [3.05, 3.63) is 78.2 Å². The molecule has 30 heavy (non-hydrogen) atoms. The molecule has 0 radical (unpaired) electrons. The first kappa shape index (κ1) is 18.4. The normalized spacial score (nSPS) is 16.2. The number of ether oxygens (including phenoxy) is 1. The second kappa shape index (κ2) is 7.63. The van der Waals surface area contributed by atoms with Crippen LogP contribution in [0.3, 0.4) is 0 Å². The van der Waals surface area contributed by atoms with Crippen molar-refractivity contribution < 1.29 is 14.1 Å². The molecule has 0 saturated carbocycles. The Morgan fingerprint density at radius 1 is 1.07 bits per heavy atom. The van der Waals surface area contributed by atoms with Gasteiger partial charge in [0.15, 0.2) is 0 Å². The second-order valence-electron chi connectivity index (χ2n) is 7.41. The van der Waals surface area contributed by atoms with E-state index in [2.05, 4.69) is 10.1 Å². The fourth-order valence-electron chi connectivity index (χ4n) is 4.00. The number of fused-ring (bicyclic) bond motifs is 1. The molecule has 1 aliphatic heterocycles. The Morgan fingerprint density at radius 2 is 1.93 bits per heavy atom. The number of carbonyl (C=O) groups excluding carboxylic acids is 1.